The topological polar surface area (TPSA) is 54.9 Å². The first-order chi connectivity index (χ1) is 10.7. The smallest absolute Gasteiger partial charge is 0.221 e. The number of benzene rings is 1. The number of hydrogen-bond donors (Lipinski definition) is 1. The van der Waals surface area contributed by atoms with Crippen molar-refractivity contribution in [2.45, 2.75) is 30.2 Å². The second-order valence-electron chi connectivity index (χ2n) is 4.77. The lowest BCUT2D eigenvalue weighted by Crippen LogP contribution is -2.05. The molecule has 1 aromatic carbocycles. The number of aromatic nitrogens is 2. The summed E-state index contributed by atoms with van der Waals surface area (Å²) in [7, 11) is 0. The molecule has 0 saturated heterocycles. The minimum Gasteiger partial charge on any atom is -0.326 e. The van der Waals surface area contributed by atoms with Crippen LogP contribution in [0.5, 0.6) is 0 Å². The number of nitrogens with zero attached hydrogens (tertiary/aromatic N) is 2. The molecule has 0 aliphatic heterocycles. The Kier molecular flexibility index (Phi) is 4.40. The van der Waals surface area contributed by atoms with Crippen molar-refractivity contribution in [3.63, 3.8) is 0 Å². The summed E-state index contributed by atoms with van der Waals surface area (Å²) in [4.78, 5) is 23.2. The van der Waals surface area contributed by atoms with E-state index in [0.29, 0.717) is 0 Å². The van der Waals surface area contributed by atoms with Crippen molar-refractivity contribution in [1.82, 2.24) is 9.97 Å². The molecule has 0 fully saturated rings. The summed E-state index contributed by atoms with van der Waals surface area (Å²) in [6.45, 7) is 3.65. The maximum atomic E-state index is 11.0. The molecule has 2 heterocycles. The van der Waals surface area contributed by atoms with Crippen molar-refractivity contribution in [1.29, 1.82) is 0 Å². The van der Waals surface area contributed by atoms with Crippen LogP contribution in [0, 0.1) is 0 Å². The molecule has 1 amide bonds. The lowest BCUT2D eigenvalue weighted by Gasteiger charge is -2.04. The summed E-state index contributed by atoms with van der Waals surface area (Å²) in [5.74, 6) is -0.0664. The number of carbonyl (C=O) groups is 1. The number of thiophene rings is 1. The van der Waals surface area contributed by atoms with E-state index in [1.54, 1.807) is 29.4 Å². The second-order valence-corrected chi connectivity index (χ2v) is 6.95. The highest BCUT2D eigenvalue weighted by Crippen LogP contribution is 2.35. The van der Waals surface area contributed by atoms with Crippen LogP contribution < -0.4 is 5.32 Å². The molecule has 0 aliphatic rings. The third-order valence-electron chi connectivity index (χ3n) is 3.08. The van der Waals surface area contributed by atoms with Gasteiger partial charge in [0.1, 0.15) is 16.2 Å². The number of aryl methyl sites for hydroxylation is 1. The number of amides is 1. The quantitative estimate of drug-likeness (QED) is 0.722. The summed E-state index contributed by atoms with van der Waals surface area (Å²) in [5.41, 5.74) is 0.800. The molecule has 0 atom stereocenters. The van der Waals surface area contributed by atoms with Gasteiger partial charge in [-0.2, -0.15) is 0 Å². The van der Waals surface area contributed by atoms with Gasteiger partial charge >= 0.3 is 0 Å². The molecule has 112 valence electrons. The van der Waals surface area contributed by atoms with Crippen LogP contribution in [-0.2, 0) is 11.2 Å². The highest BCUT2D eigenvalue weighted by molar-refractivity contribution is 7.99. The van der Waals surface area contributed by atoms with E-state index in [9.17, 15) is 4.79 Å². The van der Waals surface area contributed by atoms with Gasteiger partial charge in [-0.3, -0.25) is 4.79 Å². The average Bonchev–Trinajstić information content (AvgIpc) is 2.93. The lowest BCUT2D eigenvalue weighted by atomic mass is 10.3. The van der Waals surface area contributed by atoms with E-state index >= 15 is 0 Å². The normalized spacial score (nSPS) is 10.8. The van der Waals surface area contributed by atoms with Gasteiger partial charge in [-0.25, -0.2) is 9.97 Å². The Balaban J connectivity index is 1.86. The third kappa shape index (κ3) is 3.28. The molecule has 0 aliphatic carbocycles. The standard InChI is InChI=1S/C16H15N3OS2/c1-3-12-8-14-15(21-12)17-9-18-16(14)22-13-6-4-11(5-7-13)19-10(2)20/h4-9H,3H2,1-2H3,(H,19,20). The maximum absolute atomic E-state index is 11.0. The first-order valence-electron chi connectivity index (χ1n) is 6.94. The minimum atomic E-state index is -0.0664. The van der Waals surface area contributed by atoms with E-state index in [2.05, 4.69) is 28.3 Å². The molecular weight excluding hydrogens is 314 g/mol. The van der Waals surface area contributed by atoms with Gasteiger partial charge in [0.25, 0.3) is 0 Å². The van der Waals surface area contributed by atoms with Gasteiger partial charge in [0.15, 0.2) is 0 Å². The molecule has 0 bridgehead atoms. The summed E-state index contributed by atoms with van der Waals surface area (Å²) in [6, 6.07) is 9.93. The fourth-order valence-corrected chi connectivity index (χ4v) is 3.92. The van der Waals surface area contributed by atoms with Crippen LogP contribution >= 0.6 is 23.1 Å². The Morgan fingerprint density at radius 2 is 2.05 bits per heavy atom. The van der Waals surface area contributed by atoms with Crippen molar-refractivity contribution in [2.75, 3.05) is 5.32 Å². The predicted octanol–water partition coefficient (Wildman–Crippen LogP) is 4.36. The number of anilines is 1. The Morgan fingerprint density at radius 3 is 2.73 bits per heavy atom. The van der Waals surface area contributed by atoms with Crippen LogP contribution in [0.15, 0.2) is 46.6 Å². The van der Waals surface area contributed by atoms with Gasteiger partial charge in [0.05, 0.1) is 0 Å². The Labute approximate surface area is 137 Å². The Bertz CT molecular complexity index is 812. The molecule has 0 spiro atoms. The van der Waals surface area contributed by atoms with Crippen LogP contribution in [-0.4, -0.2) is 15.9 Å². The third-order valence-corrected chi connectivity index (χ3v) is 5.30. The molecule has 4 nitrogen and oxygen atoms in total. The zero-order valence-corrected chi connectivity index (χ0v) is 13.9. The number of hydrogen-bond acceptors (Lipinski definition) is 5. The van der Waals surface area contributed by atoms with Gasteiger partial charge in [0, 0.05) is 27.8 Å². The molecule has 6 heteroatoms. The summed E-state index contributed by atoms with van der Waals surface area (Å²) in [5, 5.41) is 4.84. The van der Waals surface area contributed by atoms with Crippen molar-refractivity contribution in [3.8, 4) is 0 Å². The number of nitrogens with one attached hydrogen (secondary N) is 1. The lowest BCUT2D eigenvalue weighted by molar-refractivity contribution is -0.114. The molecule has 3 rings (SSSR count). The van der Waals surface area contributed by atoms with Crippen LogP contribution in [0.3, 0.4) is 0 Å². The van der Waals surface area contributed by atoms with Crippen LogP contribution in [0.25, 0.3) is 10.2 Å². The Morgan fingerprint density at radius 1 is 1.27 bits per heavy atom. The van der Waals surface area contributed by atoms with Gasteiger partial charge in [-0.1, -0.05) is 18.7 Å². The van der Waals surface area contributed by atoms with Crippen LogP contribution in [0.2, 0.25) is 0 Å². The van der Waals surface area contributed by atoms with E-state index in [4.69, 9.17) is 0 Å². The largest absolute Gasteiger partial charge is 0.326 e. The molecule has 0 saturated carbocycles. The van der Waals surface area contributed by atoms with E-state index in [-0.39, 0.29) is 5.91 Å². The van der Waals surface area contributed by atoms with Crippen molar-refractivity contribution in [3.05, 3.63) is 41.5 Å². The maximum Gasteiger partial charge on any atom is 0.221 e. The monoisotopic (exact) mass is 329 g/mol. The SMILES string of the molecule is CCc1cc2c(Sc3ccc(NC(C)=O)cc3)ncnc2s1. The molecule has 0 unspecified atom stereocenters. The average molecular weight is 329 g/mol. The Hall–Kier alpha value is -1.92. The number of fused-ring (bicyclic) bond motifs is 1. The molecule has 22 heavy (non-hydrogen) atoms. The summed E-state index contributed by atoms with van der Waals surface area (Å²) >= 11 is 3.33. The van der Waals surface area contributed by atoms with E-state index in [0.717, 1.165) is 32.2 Å². The predicted molar refractivity (Wildman–Crippen MR) is 91.7 cm³/mol. The van der Waals surface area contributed by atoms with Gasteiger partial charge in [0.2, 0.25) is 5.91 Å². The molecule has 2 aromatic heterocycles. The second kappa shape index (κ2) is 6.46. The van der Waals surface area contributed by atoms with Crippen molar-refractivity contribution >= 4 is 44.9 Å². The van der Waals surface area contributed by atoms with E-state index in [1.165, 1.54) is 11.8 Å². The van der Waals surface area contributed by atoms with Crippen molar-refractivity contribution in [2.24, 2.45) is 0 Å². The number of carbonyl (C=O) groups excluding carboxylic acids is 1. The van der Waals surface area contributed by atoms with Crippen LogP contribution in [0.4, 0.5) is 5.69 Å². The summed E-state index contributed by atoms with van der Waals surface area (Å²) < 4.78 is 0. The molecule has 3 aromatic rings. The van der Waals surface area contributed by atoms with Crippen LogP contribution in [0.1, 0.15) is 18.7 Å². The highest BCUT2D eigenvalue weighted by Gasteiger charge is 2.09. The first-order valence-corrected chi connectivity index (χ1v) is 8.58. The molecule has 1 N–H and O–H groups in total. The van der Waals surface area contributed by atoms with Crippen molar-refractivity contribution < 1.29 is 4.79 Å². The molecular formula is C16H15N3OS2. The fraction of sp³-hybridized carbons (Fsp3) is 0.188. The van der Waals surface area contributed by atoms with Gasteiger partial charge < -0.3 is 5.32 Å². The van der Waals surface area contributed by atoms with E-state index < -0.39 is 0 Å². The van der Waals surface area contributed by atoms with E-state index in [1.807, 2.05) is 24.3 Å². The minimum absolute atomic E-state index is 0.0664. The zero-order valence-electron chi connectivity index (χ0n) is 12.3. The van der Waals surface area contributed by atoms with Gasteiger partial charge in [-0.05, 0) is 36.8 Å². The number of rotatable bonds is 4. The zero-order chi connectivity index (χ0) is 15.5. The molecule has 0 radical (unpaired) electrons. The fourth-order valence-electron chi connectivity index (χ4n) is 2.06. The van der Waals surface area contributed by atoms with Gasteiger partial charge in [-0.15, -0.1) is 11.3 Å². The highest BCUT2D eigenvalue weighted by atomic mass is 32.2. The summed E-state index contributed by atoms with van der Waals surface area (Å²) in [6.07, 6.45) is 2.63. The first kappa shape index (κ1) is 15.0.